The Morgan fingerprint density at radius 2 is 2.21 bits per heavy atom. The van der Waals surface area contributed by atoms with Crippen molar-refractivity contribution in [2.75, 3.05) is 20.2 Å². The summed E-state index contributed by atoms with van der Waals surface area (Å²) in [4.78, 5) is 36.4. The molecular weight excluding hydrogens is 248 g/mol. The molecule has 1 aliphatic heterocycles. The highest BCUT2D eigenvalue weighted by molar-refractivity contribution is 5.95. The molecule has 1 heterocycles. The van der Waals surface area contributed by atoms with Gasteiger partial charge in [-0.3, -0.25) is 14.4 Å². The van der Waals surface area contributed by atoms with Crippen LogP contribution in [0.25, 0.3) is 0 Å². The Morgan fingerprint density at radius 3 is 2.84 bits per heavy atom. The normalized spacial score (nSPS) is 19.8. The van der Waals surface area contributed by atoms with Gasteiger partial charge in [-0.25, -0.2) is 0 Å². The quantitative estimate of drug-likeness (QED) is 0.442. The van der Waals surface area contributed by atoms with Crippen LogP contribution in [0.4, 0.5) is 0 Å². The number of methoxy groups -OCH3 is 1. The molecule has 0 aromatic carbocycles. The lowest BCUT2D eigenvalue weighted by atomic mass is 10.1. The third kappa shape index (κ3) is 4.24. The Bertz CT molecular complexity index is 415. The van der Waals surface area contributed by atoms with E-state index in [1.807, 2.05) is 6.92 Å². The monoisotopic (exact) mass is 266 g/mol. The number of ether oxygens (including phenoxy) is 1. The summed E-state index contributed by atoms with van der Waals surface area (Å²) < 4.78 is 4.54. The Kier molecular flexibility index (Phi) is 5.78. The number of rotatable bonds is 4. The first kappa shape index (κ1) is 14.9. The number of piperazine rings is 1. The van der Waals surface area contributed by atoms with Gasteiger partial charge in [0.15, 0.2) is 0 Å². The molecule has 6 heteroatoms. The van der Waals surface area contributed by atoms with Gasteiger partial charge in [-0.1, -0.05) is 18.2 Å². The summed E-state index contributed by atoms with van der Waals surface area (Å²) in [5.74, 6) is -1.14. The second-order valence-electron chi connectivity index (χ2n) is 4.00. The predicted octanol–water partition coefficient (Wildman–Crippen LogP) is 0.00880. The van der Waals surface area contributed by atoms with Crippen molar-refractivity contribution in [3.05, 3.63) is 24.3 Å². The van der Waals surface area contributed by atoms with Gasteiger partial charge in [0, 0.05) is 19.2 Å². The molecule has 1 unspecified atom stereocenters. The zero-order valence-corrected chi connectivity index (χ0v) is 11.1. The second-order valence-corrected chi connectivity index (χ2v) is 4.00. The van der Waals surface area contributed by atoms with E-state index in [0.29, 0.717) is 13.1 Å². The first-order valence-electron chi connectivity index (χ1n) is 6.04. The SMILES string of the molecule is C/C=C/C=C/C(=O)N1CCNC(=O)C1CC(=O)OC. The molecule has 2 amide bonds. The molecular formula is C13H18N2O4. The van der Waals surface area contributed by atoms with Gasteiger partial charge in [0.2, 0.25) is 11.8 Å². The summed E-state index contributed by atoms with van der Waals surface area (Å²) in [6.45, 7) is 2.61. The minimum absolute atomic E-state index is 0.133. The molecule has 104 valence electrons. The summed E-state index contributed by atoms with van der Waals surface area (Å²) in [5.41, 5.74) is 0. The van der Waals surface area contributed by atoms with Crippen molar-refractivity contribution in [1.29, 1.82) is 0 Å². The highest BCUT2D eigenvalue weighted by Crippen LogP contribution is 2.10. The molecule has 0 bridgehead atoms. The number of nitrogens with zero attached hydrogens (tertiary/aromatic N) is 1. The van der Waals surface area contributed by atoms with Gasteiger partial charge in [-0.05, 0) is 6.92 Å². The van der Waals surface area contributed by atoms with Crippen LogP contribution in [0, 0.1) is 0 Å². The Morgan fingerprint density at radius 1 is 1.47 bits per heavy atom. The van der Waals surface area contributed by atoms with Gasteiger partial charge in [0.25, 0.3) is 0 Å². The number of allylic oxidation sites excluding steroid dienone is 3. The summed E-state index contributed by atoms with van der Waals surface area (Å²) in [6, 6.07) is -0.802. The maximum Gasteiger partial charge on any atom is 0.308 e. The van der Waals surface area contributed by atoms with Crippen LogP contribution < -0.4 is 5.32 Å². The van der Waals surface area contributed by atoms with E-state index in [2.05, 4.69) is 10.1 Å². The Labute approximate surface area is 112 Å². The number of carbonyl (C=O) groups excluding carboxylic acids is 3. The summed E-state index contributed by atoms with van der Waals surface area (Å²) >= 11 is 0. The molecule has 0 radical (unpaired) electrons. The van der Waals surface area contributed by atoms with Crippen LogP contribution in [0.5, 0.6) is 0 Å². The molecule has 1 atom stereocenters. The first-order chi connectivity index (χ1) is 9.10. The van der Waals surface area contributed by atoms with E-state index in [0.717, 1.165) is 0 Å². The van der Waals surface area contributed by atoms with Crippen molar-refractivity contribution >= 4 is 17.8 Å². The van der Waals surface area contributed by atoms with Crippen molar-refractivity contribution in [2.24, 2.45) is 0 Å². The Balaban J connectivity index is 2.78. The van der Waals surface area contributed by atoms with E-state index < -0.39 is 12.0 Å². The van der Waals surface area contributed by atoms with Crippen molar-refractivity contribution in [3.8, 4) is 0 Å². The fraction of sp³-hybridized carbons (Fsp3) is 0.462. The number of hydrogen-bond donors (Lipinski definition) is 1. The first-order valence-corrected chi connectivity index (χ1v) is 6.04. The lowest BCUT2D eigenvalue weighted by Gasteiger charge is -2.33. The van der Waals surface area contributed by atoms with Crippen LogP contribution >= 0.6 is 0 Å². The average molecular weight is 266 g/mol. The molecule has 1 N–H and O–H groups in total. The van der Waals surface area contributed by atoms with Gasteiger partial charge >= 0.3 is 5.97 Å². The van der Waals surface area contributed by atoms with E-state index in [4.69, 9.17) is 0 Å². The lowest BCUT2D eigenvalue weighted by Crippen LogP contribution is -2.57. The van der Waals surface area contributed by atoms with Gasteiger partial charge in [-0.2, -0.15) is 0 Å². The van der Waals surface area contributed by atoms with Gasteiger partial charge in [0.1, 0.15) is 6.04 Å². The number of nitrogens with one attached hydrogen (secondary N) is 1. The van der Waals surface area contributed by atoms with E-state index >= 15 is 0 Å². The van der Waals surface area contributed by atoms with Crippen molar-refractivity contribution in [2.45, 2.75) is 19.4 Å². The summed E-state index contributed by atoms with van der Waals surface area (Å²) in [5, 5.41) is 2.63. The van der Waals surface area contributed by atoms with Crippen molar-refractivity contribution in [3.63, 3.8) is 0 Å². The van der Waals surface area contributed by atoms with Crippen molar-refractivity contribution in [1.82, 2.24) is 10.2 Å². The molecule has 6 nitrogen and oxygen atoms in total. The van der Waals surface area contributed by atoms with E-state index in [9.17, 15) is 14.4 Å². The molecule has 1 fully saturated rings. The van der Waals surface area contributed by atoms with Gasteiger partial charge in [-0.15, -0.1) is 0 Å². The van der Waals surface area contributed by atoms with E-state index in [1.54, 1.807) is 18.2 Å². The van der Waals surface area contributed by atoms with Crippen LogP contribution in [0.1, 0.15) is 13.3 Å². The van der Waals surface area contributed by atoms with Crippen LogP contribution in [0.2, 0.25) is 0 Å². The number of amides is 2. The zero-order chi connectivity index (χ0) is 14.3. The lowest BCUT2D eigenvalue weighted by molar-refractivity contribution is -0.148. The second kappa shape index (κ2) is 7.35. The van der Waals surface area contributed by atoms with Crippen molar-refractivity contribution < 1.29 is 19.1 Å². The average Bonchev–Trinajstić information content (AvgIpc) is 2.41. The standard InChI is InChI=1S/C13H18N2O4/c1-3-4-5-6-11(16)15-8-7-14-13(18)10(15)9-12(17)19-2/h3-6,10H,7-9H2,1-2H3,(H,14,18)/b4-3+,6-5+. The van der Waals surface area contributed by atoms with Gasteiger partial charge in [0.05, 0.1) is 13.5 Å². The molecule has 1 rings (SSSR count). The molecule has 1 saturated heterocycles. The van der Waals surface area contributed by atoms with E-state index in [1.165, 1.54) is 18.1 Å². The fourth-order valence-electron chi connectivity index (χ4n) is 1.77. The van der Waals surface area contributed by atoms with Gasteiger partial charge < -0.3 is 15.0 Å². The number of esters is 1. The molecule has 0 aromatic rings. The molecule has 19 heavy (non-hydrogen) atoms. The molecule has 0 aliphatic carbocycles. The van der Waals surface area contributed by atoms with Crippen LogP contribution in [-0.4, -0.2) is 48.9 Å². The maximum atomic E-state index is 12.0. The molecule has 0 aromatic heterocycles. The molecule has 1 aliphatic rings. The highest BCUT2D eigenvalue weighted by atomic mass is 16.5. The van der Waals surface area contributed by atoms with Crippen LogP contribution in [0.3, 0.4) is 0 Å². The minimum Gasteiger partial charge on any atom is -0.469 e. The molecule has 0 saturated carbocycles. The number of hydrogen-bond acceptors (Lipinski definition) is 4. The minimum atomic E-state index is -0.802. The summed E-state index contributed by atoms with van der Waals surface area (Å²) in [6.07, 6.45) is 6.36. The summed E-state index contributed by atoms with van der Waals surface area (Å²) in [7, 11) is 1.25. The third-order valence-electron chi connectivity index (χ3n) is 2.74. The number of carbonyl (C=O) groups is 3. The topological polar surface area (TPSA) is 75.7 Å². The maximum absolute atomic E-state index is 12.0. The largest absolute Gasteiger partial charge is 0.469 e. The highest BCUT2D eigenvalue weighted by Gasteiger charge is 2.33. The zero-order valence-electron chi connectivity index (χ0n) is 11.1. The fourth-order valence-corrected chi connectivity index (χ4v) is 1.77. The van der Waals surface area contributed by atoms with E-state index in [-0.39, 0.29) is 18.2 Å². The predicted molar refractivity (Wildman–Crippen MR) is 69.1 cm³/mol. The smallest absolute Gasteiger partial charge is 0.308 e. The third-order valence-corrected chi connectivity index (χ3v) is 2.74. The Hall–Kier alpha value is -2.11. The van der Waals surface area contributed by atoms with Crippen LogP contribution in [-0.2, 0) is 19.1 Å². The van der Waals surface area contributed by atoms with Crippen LogP contribution in [0.15, 0.2) is 24.3 Å². The molecule has 0 spiro atoms.